The summed E-state index contributed by atoms with van der Waals surface area (Å²) in [5.41, 5.74) is 0.516. The van der Waals surface area contributed by atoms with Gasteiger partial charge in [-0.1, -0.05) is 25.0 Å². The molecule has 0 unspecified atom stereocenters. The van der Waals surface area contributed by atoms with Crippen LogP contribution in [0.2, 0.25) is 0 Å². The lowest BCUT2D eigenvalue weighted by molar-refractivity contribution is -0.146. The highest BCUT2D eigenvalue weighted by atomic mass is 16.5. The summed E-state index contributed by atoms with van der Waals surface area (Å²) in [5.74, 6) is -0.221. The van der Waals surface area contributed by atoms with E-state index in [1.807, 2.05) is 4.68 Å². The van der Waals surface area contributed by atoms with Crippen molar-refractivity contribution in [1.29, 1.82) is 0 Å². The van der Waals surface area contributed by atoms with Gasteiger partial charge < -0.3 is 14.8 Å². The Hall–Kier alpha value is -3.36. The van der Waals surface area contributed by atoms with Crippen molar-refractivity contribution < 1.29 is 23.9 Å². The molecule has 0 radical (unpaired) electrons. The van der Waals surface area contributed by atoms with Crippen LogP contribution in [-0.4, -0.2) is 47.3 Å². The Balaban J connectivity index is 1.32. The zero-order valence-corrected chi connectivity index (χ0v) is 16.6. The number of para-hydroxylation sites is 2. The molecule has 2 heterocycles. The van der Waals surface area contributed by atoms with Gasteiger partial charge in [-0.15, -0.1) is 0 Å². The van der Waals surface area contributed by atoms with E-state index >= 15 is 0 Å². The number of fused-ring (bicyclic) bond motifs is 1. The standard InChI is InChI=1S/C21H24N4O5/c26-19(23-18-9-11-22-25(18)15-5-1-2-6-15)14-30-21(28)13-24-16-7-3-4-8-17(16)29-12-10-20(24)27/h3-4,7-9,11,15H,1-2,5-6,10,12-14H2,(H,23,26). The Kier molecular flexibility index (Phi) is 5.97. The fourth-order valence-corrected chi connectivity index (χ4v) is 3.85. The van der Waals surface area contributed by atoms with Crippen molar-refractivity contribution in [2.45, 2.75) is 38.1 Å². The molecule has 0 spiro atoms. The van der Waals surface area contributed by atoms with Gasteiger partial charge in [-0.2, -0.15) is 5.10 Å². The summed E-state index contributed by atoms with van der Waals surface area (Å²) in [6, 6.07) is 9.03. The van der Waals surface area contributed by atoms with E-state index in [1.54, 1.807) is 36.5 Å². The smallest absolute Gasteiger partial charge is 0.326 e. The Morgan fingerprint density at radius 3 is 2.83 bits per heavy atom. The molecule has 1 aromatic carbocycles. The highest BCUT2D eigenvalue weighted by molar-refractivity contribution is 6.00. The van der Waals surface area contributed by atoms with Gasteiger partial charge in [0.1, 0.15) is 18.1 Å². The molecule has 9 nitrogen and oxygen atoms in total. The van der Waals surface area contributed by atoms with Crippen LogP contribution < -0.4 is 15.0 Å². The number of anilines is 2. The molecule has 1 aromatic heterocycles. The number of carbonyl (C=O) groups is 3. The zero-order valence-electron chi connectivity index (χ0n) is 16.6. The topological polar surface area (TPSA) is 103 Å². The molecule has 9 heteroatoms. The molecule has 30 heavy (non-hydrogen) atoms. The number of nitrogens with one attached hydrogen (secondary N) is 1. The molecule has 1 fully saturated rings. The van der Waals surface area contributed by atoms with E-state index in [-0.39, 0.29) is 31.5 Å². The third-order valence-corrected chi connectivity index (χ3v) is 5.29. The SMILES string of the molecule is O=C(COC(=O)CN1C(=O)CCOc2ccccc21)Nc1ccnn1C1CCCC1. The highest BCUT2D eigenvalue weighted by Gasteiger charge is 2.26. The molecule has 0 saturated heterocycles. The Morgan fingerprint density at radius 2 is 2.00 bits per heavy atom. The van der Waals surface area contributed by atoms with Gasteiger partial charge in [0.05, 0.1) is 31.0 Å². The van der Waals surface area contributed by atoms with Crippen LogP contribution in [0, 0.1) is 0 Å². The van der Waals surface area contributed by atoms with E-state index in [9.17, 15) is 14.4 Å². The molecule has 0 atom stereocenters. The minimum absolute atomic E-state index is 0.160. The van der Waals surface area contributed by atoms with E-state index in [0.29, 0.717) is 17.3 Å². The van der Waals surface area contributed by atoms with E-state index < -0.39 is 18.5 Å². The van der Waals surface area contributed by atoms with E-state index in [2.05, 4.69) is 10.4 Å². The summed E-state index contributed by atoms with van der Waals surface area (Å²) in [6.45, 7) is -0.472. The first-order valence-electron chi connectivity index (χ1n) is 10.1. The number of ether oxygens (including phenoxy) is 2. The van der Waals surface area contributed by atoms with Crippen LogP contribution in [0.5, 0.6) is 5.75 Å². The van der Waals surface area contributed by atoms with Gasteiger partial charge in [-0.05, 0) is 25.0 Å². The van der Waals surface area contributed by atoms with Crippen LogP contribution in [0.25, 0.3) is 0 Å². The number of aromatic nitrogens is 2. The van der Waals surface area contributed by atoms with Crippen LogP contribution >= 0.6 is 0 Å². The lowest BCUT2D eigenvalue weighted by Crippen LogP contribution is -2.37. The molecule has 2 aliphatic rings. The third kappa shape index (κ3) is 4.45. The average molecular weight is 412 g/mol. The molecular weight excluding hydrogens is 388 g/mol. The molecule has 0 bridgehead atoms. The van der Waals surface area contributed by atoms with Gasteiger partial charge in [-0.3, -0.25) is 19.3 Å². The largest absolute Gasteiger partial charge is 0.491 e. The molecule has 2 aromatic rings. The summed E-state index contributed by atoms with van der Waals surface area (Å²) in [7, 11) is 0. The second kappa shape index (κ2) is 8.98. The third-order valence-electron chi connectivity index (χ3n) is 5.29. The first-order chi connectivity index (χ1) is 14.6. The van der Waals surface area contributed by atoms with E-state index in [1.165, 1.54) is 4.90 Å². The van der Waals surface area contributed by atoms with Gasteiger partial charge in [0.15, 0.2) is 6.61 Å². The monoisotopic (exact) mass is 412 g/mol. The number of hydrogen-bond acceptors (Lipinski definition) is 6. The highest BCUT2D eigenvalue weighted by Crippen LogP contribution is 2.32. The number of esters is 1. The van der Waals surface area contributed by atoms with Gasteiger partial charge in [-0.25, -0.2) is 4.68 Å². The van der Waals surface area contributed by atoms with E-state index in [4.69, 9.17) is 9.47 Å². The van der Waals surface area contributed by atoms with Crippen LogP contribution in [0.15, 0.2) is 36.5 Å². The van der Waals surface area contributed by atoms with Crippen LogP contribution in [-0.2, 0) is 19.1 Å². The van der Waals surface area contributed by atoms with Gasteiger partial charge in [0.25, 0.3) is 5.91 Å². The van der Waals surface area contributed by atoms with Gasteiger partial charge in [0.2, 0.25) is 5.91 Å². The number of hydrogen-bond donors (Lipinski definition) is 1. The number of amides is 2. The molecule has 158 valence electrons. The molecule has 1 saturated carbocycles. The summed E-state index contributed by atoms with van der Waals surface area (Å²) in [6.07, 6.45) is 6.18. The Bertz CT molecular complexity index is 935. The summed E-state index contributed by atoms with van der Waals surface area (Å²) in [5, 5.41) is 7.05. The molecule has 1 aliphatic heterocycles. The van der Waals surface area contributed by atoms with Gasteiger partial charge >= 0.3 is 5.97 Å². The lowest BCUT2D eigenvalue weighted by atomic mass is 10.2. The van der Waals surface area contributed by atoms with Crippen molar-refractivity contribution >= 4 is 29.3 Å². The molecule has 1 N–H and O–H groups in total. The van der Waals surface area contributed by atoms with Crippen LogP contribution in [0.3, 0.4) is 0 Å². The van der Waals surface area contributed by atoms with Crippen molar-refractivity contribution in [2.75, 3.05) is 30.0 Å². The van der Waals surface area contributed by atoms with Crippen LogP contribution in [0.1, 0.15) is 38.1 Å². The first-order valence-corrected chi connectivity index (χ1v) is 10.1. The Morgan fingerprint density at radius 1 is 1.20 bits per heavy atom. The molecule has 2 amide bonds. The van der Waals surface area contributed by atoms with Crippen molar-refractivity contribution in [3.63, 3.8) is 0 Å². The van der Waals surface area contributed by atoms with Crippen molar-refractivity contribution in [3.05, 3.63) is 36.5 Å². The fraction of sp³-hybridized carbons (Fsp3) is 0.429. The second-order valence-corrected chi connectivity index (χ2v) is 7.35. The molecular formula is C21H24N4O5. The number of carbonyl (C=O) groups excluding carboxylic acids is 3. The zero-order chi connectivity index (χ0) is 20.9. The maximum atomic E-state index is 12.4. The first kappa shape index (κ1) is 19.9. The Labute approximate surface area is 173 Å². The minimum Gasteiger partial charge on any atom is -0.491 e. The maximum Gasteiger partial charge on any atom is 0.326 e. The summed E-state index contributed by atoms with van der Waals surface area (Å²) >= 11 is 0. The second-order valence-electron chi connectivity index (χ2n) is 7.35. The van der Waals surface area contributed by atoms with Crippen molar-refractivity contribution in [3.8, 4) is 5.75 Å². The predicted molar refractivity (Wildman–Crippen MR) is 108 cm³/mol. The average Bonchev–Trinajstić information content (AvgIpc) is 3.40. The summed E-state index contributed by atoms with van der Waals surface area (Å²) in [4.78, 5) is 38.3. The molecule has 4 rings (SSSR count). The van der Waals surface area contributed by atoms with Crippen LogP contribution in [0.4, 0.5) is 11.5 Å². The number of benzene rings is 1. The molecule has 1 aliphatic carbocycles. The normalized spacial score (nSPS) is 16.5. The van der Waals surface area contributed by atoms with Crippen molar-refractivity contribution in [1.82, 2.24) is 9.78 Å². The van der Waals surface area contributed by atoms with Gasteiger partial charge in [0, 0.05) is 6.07 Å². The number of rotatable bonds is 6. The summed E-state index contributed by atoms with van der Waals surface area (Å²) < 4.78 is 12.5. The maximum absolute atomic E-state index is 12.4. The van der Waals surface area contributed by atoms with E-state index in [0.717, 1.165) is 25.7 Å². The number of nitrogens with zero attached hydrogens (tertiary/aromatic N) is 3. The quantitative estimate of drug-likeness (QED) is 0.731. The minimum atomic E-state index is -0.667. The van der Waals surface area contributed by atoms with Crippen molar-refractivity contribution in [2.24, 2.45) is 0 Å². The fourth-order valence-electron chi connectivity index (χ4n) is 3.85. The predicted octanol–water partition coefficient (Wildman–Crippen LogP) is 2.30. The lowest BCUT2D eigenvalue weighted by Gasteiger charge is -2.20.